The zero-order chi connectivity index (χ0) is 22.8. The molecule has 1 aromatic carbocycles. The van der Waals surface area contributed by atoms with Crippen molar-refractivity contribution >= 4 is 46.2 Å². The lowest BCUT2D eigenvalue weighted by Gasteiger charge is -2.16. The second-order valence-electron chi connectivity index (χ2n) is 6.85. The fourth-order valence-electron chi connectivity index (χ4n) is 3.26. The number of aliphatic carboxylic acids is 1. The van der Waals surface area contributed by atoms with Crippen LogP contribution in [0.3, 0.4) is 0 Å². The average Bonchev–Trinajstić information content (AvgIpc) is 3.09. The van der Waals surface area contributed by atoms with Crippen molar-refractivity contribution in [1.82, 2.24) is 24.8 Å². The number of hydrogen-bond donors (Lipinski definition) is 3. The molecule has 0 saturated heterocycles. The van der Waals surface area contributed by atoms with Crippen molar-refractivity contribution in [3.63, 3.8) is 0 Å². The molecule has 0 bridgehead atoms. The predicted octanol–water partition coefficient (Wildman–Crippen LogP) is 2.84. The number of amides is 1. The van der Waals surface area contributed by atoms with Crippen molar-refractivity contribution < 1.29 is 14.7 Å². The second-order valence-corrected chi connectivity index (χ2v) is 7.67. The number of halogens is 2. The van der Waals surface area contributed by atoms with Gasteiger partial charge in [-0.3, -0.25) is 9.78 Å². The molecule has 0 unspecified atom stereocenters. The summed E-state index contributed by atoms with van der Waals surface area (Å²) in [6.45, 7) is 0. The Balaban J connectivity index is 1.56. The van der Waals surface area contributed by atoms with Crippen molar-refractivity contribution in [2.75, 3.05) is 0 Å². The second kappa shape index (κ2) is 8.81. The summed E-state index contributed by atoms with van der Waals surface area (Å²) in [7, 11) is 0. The van der Waals surface area contributed by atoms with Gasteiger partial charge in [-0.15, -0.1) is 0 Å². The number of carbonyl (C=O) groups excluding carboxylic acids is 1. The first-order chi connectivity index (χ1) is 15.3. The first-order valence-electron chi connectivity index (χ1n) is 9.33. The summed E-state index contributed by atoms with van der Waals surface area (Å²) in [5.41, 5.74) is 1.89. The number of carbonyl (C=O) groups is 2. The van der Waals surface area contributed by atoms with Gasteiger partial charge in [-0.25, -0.2) is 19.1 Å². The number of carboxylic acids is 1. The molecule has 0 aliphatic rings. The maximum absolute atomic E-state index is 12.5. The van der Waals surface area contributed by atoms with Gasteiger partial charge in [0.2, 0.25) is 0 Å². The number of pyridine rings is 2. The maximum atomic E-state index is 12.5. The smallest absolute Gasteiger partial charge is 0.332 e. The van der Waals surface area contributed by atoms with Crippen molar-refractivity contribution in [3.8, 4) is 5.69 Å². The Morgan fingerprint density at radius 1 is 1.12 bits per heavy atom. The standard InChI is InChI=1S/C21H15Cl2N5O4/c22-13-9-24-10-14(23)17(13)19(29)26-16(20(30)31)8-11-3-5-12(6-4-11)28-18-15(27-21(28)32)2-1-7-25-18/h1-7,9-10,16H,8H2,(H,26,29)(H,27,32)(H,30,31)/t16-/m0/s1. The van der Waals surface area contributed by atoms with Gasteiger partial charge in [0.05, 0.1) is 26.8 Å². The highest BCUT2D eigenvalue weighted by molar-refractivity contribution is 6.39. The molecule has 0 fully saturated rings. The quantitative estimate of drug-likeness (QED) is 0.396. The van der Waals surface area contributed by atoms with Crippen LogP contribution >= 0.6 is 23.2 Å². The van der Waals surface area contributed by atoms with Crippen LogP contribution in [-0.4, -0.2) is 42.5 Å². The van der Waals surface area contributed by atoms with Crippen LogP contribution < -0.4 is 11.0 Å². The van der Waals surface area contributed by atoms with E-state index in [4.69, 9.17) is 23.2 Å². The summed E-state index contributed by atoms with van der Waals surface area (Å²) < 4.78 is 1.42. The van der Waals surface area contributed by atoms with Crippen molar-refractivity contribution in [1.29, 1.82) is 0 Å². The summed E-state index contributed by atoms with van der Waals surface area (Å²) in [6, 6.07) is 8.95. The minimum Gasteiger partial charge on any atom is -0.480 e. The van der Waals surface area contributed by atoms with E-state index in [1.165, 1.54) is 17.0 Å². The molecule has 32 heavy (non-hydrogen) atoms. The Labute approximate surface area is 190 Å². The first kappa shape index (κ1) is 21.5. The number of aromatic amines is 1. The Kier molecular flexibility index (Phi) is 5.93. The topological polar surface area (TPSA) is 130 Å². The molecule has 0 spiro atoms. The fourth-order valence-corrected chi connectivity index (χ4v) is 3.79. The number of rotatable bonds is 6. The number of aromatic nitrogens is 4. The number of H-pyrrole nitrogens is 1. The van der Waals surface area contributed by atoms with Gasteiger partial charge in [0.1, 0.15) is 6.04 Å². The van der Waals surface area contributed by atoms with Crippen LogP contribution in [0.25, 0.3) is 16.9 Å². The monoisotopic (exact) mass is 471 g/mol. The molecule has 11 heteroatoms. The highest BCUT2D eigenvalue weighted by Crippen LogP contribution is 2.23. The average molecular weight is 472 g/mol. The Morgan fingerprint density at radius 2 is 1.81 bits per heavy atom. The molecule has 162 valence electrons. The number of fused-ring (bicyclic) bond motifs is 1. The molecule has 3 heterocycles. The van der Waals surface area contributed by atoms with Gasteiger partial charge in [0, 0.05) is 25.0 Å². The molecule has 1 atom stereocenters. The third-order valence-corrected chi connectivity index (χ3v) is 5.33. The largest absolute Gasteiger partial charge is 0.480 e. The summed E-state index contributed by atoms with van der Waals surface area (Å²) >= 11 is 12.0. The molecule has 0 aliphatic heterocycles. The predicted molar refractivity (Wildman–Crippen MR) is 119 cm³/mol. The lowest BCUT2D eigenvalue weighted by Crippen LogP contribution is -2.42. The molecular weight excluding hydrogens is 457 g/mol. The van der Waals surface area contributed by atoms with Gasteiger partial charge in [0.25, 0.3) is 5.91 Å². The SMILES string of the molecule is O=C(N[C@@H](Cc1ccc(-n2c(=O)[nH]c3cccnc32)cc1)C(=O)O)c1c(Cl)cncc1Cl. The molecule has 0 aliphatic carbocycles. The highest BCUT2D eigenvalue weighted by atomic mass is 35.5. The number of nitrogens with one attached hydrogen (secondary N) is 2. The van der Waals surface area contributed by atoms with E-state index >= 15 is 0 Å². The molecule has 0 saturated carbocycles. The molecule has 1 amide bonds. The van der Waals surface area contributed by atoms with Crippen LogP contribution in [0.1, 0.15) is 15.9 Å². The normalized spacial score (nSPS) is 11.9. The van der Waals surface area contributed by atoms with Crippen molar-refractivity contribution in [2.24, 2.45) is 0 Å². The molecule has 3 aromatic heterocycles. The summed E-state index contributed by atoms with van der Waals surface area (Å²) in [5.74, 6) is -1.94. The number of carboxylic acid groups (broad SMARTS) is 1. The van der Waals surface area contributed by atoms with E-state index in [1.54, 1.807) is 42.6 Å². The highest BCUT2D eigenvalue weighted by Gasteiger charge is 2.24. The fraction of sp³-hybridized carbons (Fsp3) is 0.0952. The number of nitrogens with zero attached hydrogens (tertiary/aromatic N) is 3. The zero-order valence-corrected chi connectivity index (χ0v) is 17.8. The number of benzene rings is 1. The summed E-state index contributed by atoms with van der Waals surface area (Å²) in [4.78, 5) is 47.3. The van der Waals surface area contributed by atoms with E-state index in [0.717, 1.165) is 0 Å². The van der Waals surface area contributed by atoms with Gasteiger partial charge in [-0.1, -0.05) is 35.3 Å². The zero-order valence-electron chi connectivity index (χ0n) is 16.3. The first-order valence-corrected chi connectivity index (χ1v) is 10.1. The van der Waals surface area contributed by atoms with Crippen LogP contribution in [0.15, 0.2) is 59.8 Å². The Hall–Kier alpha value is -3.69. The van der Waals surface area contributed by atoms with Gasteiger partial charge in [0.15, 0.2) is 5.65 Å². The van der Waals surface area contributed by atoms with E-state index in [-0.39, 0.29) is 27.7 Å². The van der Waals surface area contributed by atoms with E-state index in [1.807, 2.05) is 0 Å². The minimum absolute atomic E-state index is 0.00269. The number of imidazole rings is 1. The molecule has 9 nitrogen and oxygen atoms in total. The van der Waals surface area contributed by atoms with Crippen LogP contribution in [0.4, 0.5) is 0 Å². The van der Waals surface area contributed by atoms with Crippen LogP contribution in [0.5, 0.6) is 0 Å². The van der Waals surface area contributed by atoms with Gasteiger partial charge in [-0.05, 0) is 29.8 Å². The van der Waals surface area contributed by atoms with E-state index < -0.39 is 17.9 Å². The third kappa shape index (κ3) is 4.20. The van der Waals surface area contributed by atoms with Crippen molar-refractivity contribution in [2.45, 2.75) is 12.5 Å². The molecule has 4 aromatic rings. The van der Waals surface area contributed by atoms with Crippen molar-refractivity contribution in [3.05, 3.63) is 86.6 Å². The molecule has 0 radical (unpaired) electrons. The van der Waals surface area contributed by atoms with E-state index in [2.05, 4.69) is 20.3 Å². The van der Waals surface area contributed by atoms with Crippen LogP contribution in [0, 0.1) is 0 Å². The number of hydrogen-bond acceptors (Lipinski definition) is 5. The van der Waals surface area contributed by atoms with Gasteiger partial charge < -0.3 is 15.4 Å². The molecule has 3 N–H and O–H groups in total. The van der Waals surface area contributed by atoms with E-state index in [0.29, 0.717) is 22.4 Å². The minimum atomic E-state index is -1.23. The third-order valence-electron chi connectivity index (χ3n) is 4.76. The summed E-state index contributed by atoms with van der Waals surface area (Å²) in [5, 5.41) is 12.0. The van der Waals surface area contributed by atoms with Crippen LogP contribution in [-0.2, 0) is 11.2 Å². The van der Waals surface area contributed by atoms with Crippen LogP contribution in [0.2, 0.25) is 10.0 Å². The van der Waals surface area contributed by atoms with E-state index in [9.17, 15) is 19.5 Å². The molecule has 4 rings (SSSR count). The lowest BCUT2D eigenvalue weighted by atomic mass is 10.0. The molecular formula is C21H15Cl2N5O4. The van der Waals surface area contributed by atoms with Gasteiger partial charge in [-0.2, -0.15) is 0 Å². The Morgan fingerprint density at radius 3 is 2.47 bits per heavy atom. The summed E-state index contributed by atoms with van der Waals surface area (Å²) in [6.07, 6.45) is 4.08. The maximum Gasteiger partial charge on any atom is 0.332 e. The lowest BCUT2D eigenvalue weighted by molar-refractivity contribution is -0.139. The van der Waals surface area contributed by atoms with Gasteiger partial charge >= 0.3 is 11.7 Å². The Bertz CT molecular complexity index is 1360.